The van der Waals surface area contributed by atoms with Gasteiger partial charge < -0.3 is 5.32 Å². The van der Waals surface area contributed by atoms with Gasteiger partial charge in [0.1, 0.15) is 12.0 Å². The van der Waals surface area contributed by atoms with E-state index in [0.29, 0.717) is 0 Å². The Labute approximate surface area is 144 Å². The number of anilines is 1. The van der Waals surface area contributed by atoms with E-state index in [-0.39, 0.29) is 28.5 Å². The van der Waals surface area contributed by atoms with E-state index < -0.39 is 0 Å². The highest BCUT2D eigenvalue weighted by atomic mass is 16.1. The molecule has 5 heteroatoms. The molecule has 2 aromatic carbocycles. The van der Waals surface area contributed by atoms with Crippen LogP contribution >= 0.6 is 0 Å². The van der Waals surface area contributed by atoms with E-state index in [0.717, 1.165) is 16.8 Å². The summed E-state index contributed by atoms with van der Waals surface area (Å²) in [7, 11) is 0. The van der Waals surface area contributed by atoms with Crippen LogP contribution in [0.1, 0.15) is 20.8 Å². The van der Waals surface area contributed by atoms with Crippen LogP contribution in [0.5, 0.6) is 0 Å². The summed E-state index contributed by atoms with van der Waals surface area (Å²) in [6.45, 7) is 0. The molecule has 1 heterocycles. The van der Waals surface area contributed by atoms with Gasteiger partial charge in [-0.3, -0.25) is 9.59 Å². The summed E-state index contributed by atoms with van der Waals surface area (Å²) in [5.74, 6) is -0.595. The van der Waals surface area contributed by atoms with E-state index in [9.17, 15) is 9.59 Å². The first kappa shape index (κ1) is 15.0. The van der Waals surface area contributed by atoms with Crippen LogP contribution in [0, 0.1) is 0 Å². The summed E-state index contributed by atoms with van der Waals surface area (Å²) in [6, 6.07) is 17.7. The van der Waals surface area contributed by atoms with Crippen LogP contribution in [-0.2, 0) is 0 Å². The van der Waals surface area contributed by atoms with Crippen LogP contribution in [0.2, 0.25) is 0 Å². The Bertz CT molecular complexity index is 993. The lowest BCUT2D eigenvalue weighted by Gasteiger charge is -2.15. The van der Waals surface area contributed by atoms with Gasteiger partial charge in [-0.25, -0.2) is 9.97 Å². The largest absolute Gasteiger partial charge is 0.352 e. The molecule has 0 spiro atoms. The molecule has 0 fully saturated rings. The number of allylic oxidation sites excluding steroid dienone is 2. The summed E-state index contributed by atoms with van der Waals surface area (Å²) in [5, 5.41) is 3.02. The zero-order chi connectivity index (χ0) is 17.2. The van der Waals surface area contributed by atoms with Crippen LogP contribution in [0.15, 0.2) is 78.9 Å². The van der Waals surface area contributed by atoms with Crippen LogP contribution in [0.3, 0.4) is 0 Å². The van der Waals surface area contributed by atoms with Crippen molar-refractivity contribution in [3.63, 3.8) is 0 Å². The van der Waals surface area contributed by atoms with Crippen molar-refractivity contribution in [2.24, 2.45) is 0 Å². The van der Waals surface area contributed by atoms with Crippen molar-refractivity contribution in [3.05, 3.63) is 90.2 Å². The van der Waals surface area contributed by atoms with Crippen LogP contribution in [0.25, 0.3) is 11.1 Å². The first-order chi connectivity index (χ1) is 12.2. The lowest BCUT2D eigenvalue weighted by Crippen LogP contribution is -2.22. The minimum atomic E-state index is -0.305. The molecule has 1 N–H and O–H groups in total. The molecular weight excluding hydrogens is 314 g/mol. The third kappa shape index (κ3) is 2.83. The molecule has 0 aliphatic heterocycles. The molecule has 4 rings (SSSR count). The normalized spacial score (nSPS) is 13.2. The van der Waals surface area contributed by atoms with Crippen molar-refractivity contribution in [3.8, 4) is 11.1 Å². The molecule has 1 aliphatic rings. The van der Waals surface area contributed by atoms with E-state index in [2.05, 4.69) is 15.3 Å². The molecule has 5 nitrogen and oxygen atoms in total. The van der Waals surface area contributed by atoms with E-state index >= 15 is 0 Å². The van der Waals surface area contributed by atoms with Crippen molar-refractivity contribution in [1.82, 2.24) is 9.97 Å². The number of aromatic nitrogens is 2. The second-order valence-electron chi connectivity index (χ2n) is 5.60. The van der Waals surface area contributed by atoms with Gasteiger partial charge in [0.05, 0.1) is 11.3 Å². The zero-order valence-electron chi connectivity index (χ0n) is 13.1. The summed E-state index contributed by atoms with van der Waals surface area (Å²) >= 11 is 0. The number of hydrogen-bond donors (Lipinski definition) is 1. The minimum Gasteiger partial charge on any atom is -0.352 e. The quantitative estimate of drug-likeness (QED) is 0.797. The highest BCUT2D eigenvalue weighted by Crippen LogP contribution is 2.24. The van der Waals surface area contributed by atoms with Crippen molar-refractivity contribution < 1.29 is 9.59 Å². The van der Waals surface area contributed by atoms with E-state index in [4.69, 9.17) is 0 Å². The molecular formula is C20H13N3O2. The monoisotopic (exact) mass is 327 g/mol. The molecule has 0 atom stereocenters. The highest BCUT2D eigenvalue weighted by Gasteiger charge is 2.27. The van der Waals surface area contributed by atoms with Crippen LogP contribution in [0.4, 0.5) is 5.69 Å². The number of carbonyl (C=O) groups is 2. The van der Waals surface area contributed by atoms with Gasteiger partial charge in [0.15, 0.2) is 0 Å². The number of rotatable bonds is 3. The Balaban J connectivity index is 1.59. The SMILES string of the molecule is O=C1C(Nc2ccc(-c3ccccc3)cc2)=CC(=O)c2ncncc21. The summed E-state index contributed by atoms with van der Waals surface area (Å²) in [5.41, 5.74) is 3.50. The van der Waals surface area contributed by atoms with Crippen LogP contribution in [-0.4, -0.2) is 21.5 Å². The fraction of sp³-hybridized carbons (Fsp3) is 0. The van der Waals surface area contributed by atoms with Crippen molar-refractivity contribution >= 4 is 17.3 Å². The van der Waals surface area contributed by atoms with Gasteiger partial charge in [-0.2, -0.15) is 0 Å². The van der Waals surface area contributed by atoms with Gasteiger partial charge in [-0.05, 0) is 23.3 Å². The topological polar surface area (TPSA) is 72.0 Å². The standard InChI is InChI=1S/C20H13N3O2/c24-18-10-17(20(25)16-11-21-12-22-19(16)18)23-15-8-6-14(7-9-15)13-4-2-1-3-5-13/h1-12,23H. The van der Waals surface area contributed by atoms with Crippen molar-refractivity contribution in [1.29, 1.82) is 0 Å². The fourth-order valence-electron chi connectivity index (χ4n) is 2.73. The highest BCUT2D eigenvalue weighted by molar-refractivity contribution is 6.24. The first-order valence-electron chi connectivity index (χ1n) is 7.75. The zero-order valence-corrected chi connectivity index (χ0v) is 13.1. The van der Waals surface area contributed by atoms with Crippen LogP contribution < -0.4 is 5.32 Å². The molecule has 1 aliphatic carbocycles. The van der Waals surface area contributed by atoms with Gasteiger partial charge in [-0.1, -0.05) is 42.5 Å². The predicted octanol–water partition coefficient (Wildman–Crippen LogP) is 3.52. The number of carbonyl (C=O) groups excluding carboxylic acids is 2. The van der Waals surface area contributed by atoms with Gasteiger partial charge in [0, 0.05) is 18.0 Å². The average molecular weight is 327 g/mol. The Morgan fingerprint density at radius 1 is 0.840 bits per heavy atom. The Morgan fingerprint density at radius 3 is 2.32 bits per heavy atom. The van der Waals surface area contributed by atoms with Crippen molar-refractivity contribution in [2.45, 2.75) is 0 Å². The summed E-state index contributed by atoms with van der Waals surface area (Å²) in [4.78, 5) is 32.3. The third-order valence-electron chi connectivity index (χ3n) is 3.98. The van der Waals surface area contributed by atoms with Gasteiger partial charge in [0.2, 0.25) is 11.6 Å². The van der Waals surface area contributed by atoms with E-state index in [1.54, 1.807) is 0 Å². The Hall–Kier alpha value is -3.60. The maximum Gasteiger partial charge on any atom is 0.213 e. The number of nitrogens with zero attached hydrogens (tertiary/aromatic N) is 2. The smallest absolute Gasteiger partial charge is 0.213 e. The maximum atomic E-state index is 12.5. The molecule has 0 bridgehead atoms. The number of ketones is 2. The average Bonchev–Trinajstić information content (AvgIpc) is 2.67. The molecule has 0 amide bonds. The molecule has 25 heavy (non-hydrogen) atoms. The molecule has 120 valence electrons. The number of Topliss-reactive ketones (excluding diaryl/α,β-unsaturated/α-hetero) is 1. The number of hydrogen-bond acceptors (Lipinski definition) is 5. The number of benzene rings is 2. The number of nitrogens with one attached hydrogen (secondary N) is 1. The molecule has 0 radical (unpaired) electrons. The lowest BCUT2D eigenvalue weighted by molar-refractivity contribution is 0.0981. The third-order valence-corrected chi connectivity index (χ3v) is 3.98. The van der Waals surface area contributed by atoms with Gasteiger partial charge in [-0.15, -0.1) is 0 Å². The molecule has 0 saturated carbocycles. The second kappa shape index (κ2) is 6.13. The molecule has 0 unspecified atom stereocenters. The maximum absolute atomic E-state index is 12.5. The second-order valence-corrected chi connectivity index (χ2v) is 5.60. The summed E-state index contributed by atoms with van der Waals surface area (Å²) < 4.78 is 0. The van der Waals surface area contributed by atoms with Gasteiger partial charge in [0.25, 0.3) is 0 Å². The Morgan fingerprint density at radius 2 is 1.56 bits per heavy atom. The van der Waals surface area contributed by atoms with Crippen molar-refractivity contribution in [2.75, 3.05) is 5.32 Å². The molecule has 0 saturated heterocycles. The minimum absolute atomic E-state index is 0.143. The fourth-order valence-corrected chi connectivity index (χ4v) is 2.73. The van der Waals surface area contributed by atoms with E-state index in [1.807, 2.05) is 54.6 Å². The predicted molar refractivity (Wildman–Crippen MR) is 94.3 cm³/mol. The molecule has 1 aromatic heterocycles. The summed E-state index contributed by atoms with van der Waals surface area (Å²) in [6.07, 6.45) is 3.91. The lowest BCUT2D eigenvalue weighted by atomic mass is 9.98. The first-order valence-corrected chi connectivity index (χ1v) is 7.75. The molecule has 3 aromatic rings. The Kier molecular flexibility index (Phi) is 3.67. The number of fused-ring (bicyclic) bond motifs is 1. The van der Waals surface area contributed by atoms with E-state index in [1.165, 1.54) is 18.6 Å². The van der Waals surface area contributed by atoms with Gasteiger partial charge >= 0.3 is 0 Å².